The van der Waals surface area contributed by atoms with Crippen molar-refractivity contribution in [3.63, 3.8) is 0 Å². The molecule has 0 N–H and O–H groups in total. The Hall–Kier alpha value is -2.68. The Morgan fingerprint density at radius 1 is 1.10 bits per heavy atom. The van der Waals surface area contributed by atoms with E-state index in [0.29, 0.717) is 28.5 Å². The molecule has 0 radical (unpaired) electrons. The van der Waals surface area contributed by atoms with Crippen LogP contribution in [0.2, 0.25) is 0 Å². The SMILES string of the molecule is COc1ccc(OC)c2sc(N(CCN3CCOCC3)C(=O)c3ccc(C)cc3)nc12. The monoisotopic (exact) mass is 441 g/mol. The predicted molar refractivity (Wildman–Crippen MR) is 123 cm³/mol. The predicted octanol–water partition coefficient (Wildman–Crippen LogP) is 3.60. The van der Waals surface area contributed by atoms with E-state index in [9.17, 15) is 4.79 Å². The van der Waals surface area contributed by atoms with E-state index in [1.807, 2.05) is 43.3 Å². The van der Waals surface area contributed by atoms with Gasteiger partial charge in [-0.05, 0) is 31.2 Å². The molecule has 0 spiro atoms. The van der Waals surface area contributed by atoms with Gasteiger partial charge in [0.15, 0.2) is 5.13 Å². The van der Waals surface area contributed by atoms with E-state index in [4.69, 9.17) is 19.2 Å². The number of benzene rings is 2. The highest BCUT2D eigenvalue weighted by molar-refractivity contribution is 7.22. The quantitative estimate of drug-likeness (QED) is 0.558. The Morgan fingerprint density at radius 3 is 2.45 bits per heavy atom. The van der Waals surface area contributed by atoms with Crippen molar-refractivity contribution in [1.82, 2.24) is 9.88 Å². The zero-order valence-electron chi connectivity index (χ0n) is 18.1. The molecule has 1 fully saturated rings. The van der Waals surface area contributed by atoms with Crippen LogP contribution >= 0.6 is 11.3 Å². The Kier molecular flexibility index (Phi) is 6.70. The molecule has 8 heteroatoms. The molecule has 4 rings (SSSR count). The van der Waals surface area contributed by atoms with Gasteiger partial charge in [-0.3, -0.25) is 14.6 Å². The molecular weight excluding hydrogens is 414 g/mol. The number of methoxy groups -OCH3 is 2. The number of carbonyl (C=O) groups excluding carboxylic acids is 1. The van der Waals surface area contributed by atoms with Crippen molar-refractivity contribution >= 4 is 32.6 Å². The molecule has 1 aliphatic rings. The first-order valence-corrected chi connectivity index (χ1v) is 11.1. The van der Waals surface area contributed by atoms with Crippen molar-refractivity contribution in [2.75, 3.05) is 58.5 Å². The number of aromatic nitrogens is 1. The number of hydrogen-bond donors (Lipinski definition) is 0. The fraction of sp³-hybridized carbons (Fsp3) is 0.391. The second-order valence-electron chi connectivity index (χ2n) is 7.42. The molecule has 1 aromatic heterocycles. The number of amides is 1. The van der Waals surface area contributed by atoms with Crippen LogP contribution in [0, 0.1) is 6.92 Å². The number of hydrogen-bond acceptors (Lipinski definition) is 7. The topological polar surface area (TPSA) is 64.1 Å². The van der Waals surface area contributed by atoms with Crippen LogP contribution in [-0.4, -0.2) is 69.4 Å². The average molecular weight is 442 g/mol. The molecule has 7 nitrogen and oxygen atoms in total. The summed E-state index contributed by atoms with van der Waals surface area (Å²) in [6.07, 6.45) is 0. The van der Waals surface area contributed by atoms with Gasteiger partial charge in [-0.1, -0.05) is 29.0 Å². The van der Waals surface area contributed by atoms with E-state index in [-0.39, 0.29) is 5.91 Å². The fourth-order valence-corrected chi connectivity index (χ4v) is 4.69. The van der Waals surface area contributed by atoms with Crippen LogP contribution in [-0.2, 0) is 4.74 Å². The van der Waals surface area contributed by atoms with Gasteiger partial charge >= 0.3 is 0 Å². The summed E-state index contributed by atoms with van der Waals surface area (Å²) in [6.45, 7) is 6.49. The number of morpholine rings is 1. The third-order valence-corrected chi connectivity index (χ3v) is 6.51. The zero-order chi connectivity index (χ0) is 21.8. The molecule has 1 amide bonds. The summed E-state index contributed by atoms with van der Waals surface area (Å²) < 4.78 is 17.3. The third kappa shape index (κ3) is 4.66. The molecule has 3 aromatic rings. The zero-order valence-corrected chi connectivity index (χ0v) is 18.9. The van der Waals surface area contributed by atoms with Crippen molar-refractivity contribution in [2.45, 2.75) is 6.92 Å². The summed E-state index contributed by atoms with van der Waals surface area (Å²) in [5.74, 6) is 1.31. The number of rotatable bonds is 7. The van der Waals surface area contributed by atoms with Gasteiger partial charge in [0.05, 0.1) is 27.4 Å². The van der Waals surface area contributed by atoms with Gasteiger partial charge in [-0.15, -0.1) is 0 Å². The van der Waals surface area contributed by atoms with Crippen LogP contribution in [0.5, 0.6) is 11.5 Å². The Labute approximate surface area is 186 Å². The van der Waals surface area contributed by atoms with Crippen molar-refractivity contribution in [1.29, 1.82) is 0 Å². The molecule has 0 saturated carbocycles. The second kappa shape index (κ2) is 9.64. The first-order valence-electron chi connectivity index (χ1n) is 10.3. The van der Waals surface area contributed by atoms with Crippen LogP contribution in [0.15, 0.2) is 36.4 Å². The number of carbonyl (C=O) groups is 1. The molecule has 164 valence electrons. The van der Waals surface area contributed by atoms with E-state index < -0.39 is 0 Å². The summed E-state index contributed by atoms with van der Waals surface area (Å²) >= 11 is 1.44. The number of aryl methyl sites for hydroxylation is 1. The largest absolute Gasteiger partial charge is 0.495 e. The van der Waals surface area contributed by atoms with E-state index in [0.717, 1.165) is 48.9 Å². The van der Waals surface area contributed by atoms with Crippen molar-refractivity contribution < 1.29 is 19.0 Å². The van der Waals surface area contributed by atoms with Crippen LogP contribution in [0.1, 0.15) is 15.9 Å². The maximum Gasteiger partial charge on any atom is 0.260 e. The van der Waals surface area contributed by atoms with Crippen LogP contribution in [0.4, 0.5) is 5.13 Å². The lowest BCUT2D eigenvalue weighted by molar-refractivity contribution is 0.0391. The minimum absolute atomic E-state index is 0.0646. The number of thiazole rings is 1. The van der Waals surface area contributed by atoms with E-state index in [1.165, 1.54) is 11.3 Å². The molecule has 0 atom stereocenters. The standard InChI is InChI=1S/C23H27N3O4S/c1-16-4-6-17(7-5-16)22(27)26(11-10-25-12-14-30-15-13-25)23-24-20-18(28-2)8-9-19(29-3)21(20)31-23/h4-9H,10-15H2,1-3H3. The molecule has 2 heterocycles. The summed E-state index contributed by atoms with van der Waals surface area (Å²) in [4.78, 5) is 22.4. The first-order chi connectivity index (χ1) is 15.1. The normalized spacial score (nSPS) is 14.5. The smallest absolute Gasteiger partial charge is 0.260 e. The molecular formula is C23H27N3O4S. The van der Waals surface area contributed by atoms with Crippen LogP contribution < -0.4 is 14.4 Å². The minimum atomic E-state index is -0.0646. The maximum absolute atomic E-state index is 13.5. The molecule has 1 aliphatic heterocycles. The van der Waals surface area contributed by atoms with Crippen molar-refractivity contribution in [3.8, 4) is 11.5 Å². The third-order valence-electron chi connectivity index (χ3n) is 5.42. The molecule has 1 saturated heterocycles. The number of nitrogens with zero attached hydrogens (tertiary/aromatic N) is 3. The van der Waals surface area contributed by atoms with Gasteiger partial charge in [-0.25, -0.2) is 4.98 Å². The highest BCUT2D eigenvalue weighted by Crippen LogP contribution is 2.40. The summed E-state index contributed by atoms with van der Waals surface area (Å²) in [5, 5.41) is 0.636. The van der Waals surface area contributed by atoms with Crippen LogP contribution in [0.3, 0.4) is 0 Å². The first kappa shape index (κ1) is 21.5. The van der Waals surface area contributed by atoms with Gasteiger partial charge in [0, 0.05) is 31.7 Å². The van der Waals surface area contributed by atoms with E-state index in [1.54, 1.807) is 19.1 Å². The van der Waals surface area contributed by atoms with Gasteiger partial charge in [0.1, 0.15) is 21.7 Å². The lowest BCUT2D eigenvalue weighted by Crippen LogP contribution is -2.43. The van der Waals surface area contributed by atoms with Gasteiger partial charge in [0.25, 0.3) is 5.91 Å². The van der Waals surface area contributed by atoms with E-state index in [2.05, 4.69) is 4.90 Å². The number of anilines is 1. The molecule has 0 bridgehead atoms. The average Bonchev–Trinajstić information content (AvgIpc) is 3.24. The summed E-state index contributed by atoms with van der Waals surface area (Å²) in [6, 6.07) is 11.4. The van der Waals surface area contributed by atoms with E-state index >= 15 is 0 Å². The van der Waals surface area contributed by atoms with Gasteiger partial charge < -0.3 is 14.2 Å². The fourth-order valence-electron chi connectivity index (χ4n) is 3.59. The maximum atomic E-state index is 13.5. The van der Waals surface area contributed by atoms with Gasteiger partial charge in [-0.2, -0.15) is 0 Å². The van der Waals surface area contributed by atoms with Crippen LogP contribution in [0.25, 0.3) is 10.2 Å². The summed E-state index contributed by atoms with van der Waals surface area (Å²) in [7, 11) is 3.25. The lowest BCUT2D eigenvalue weighted by atomic mass is 10.1. The molecule has 31 heavy (non-hydrogen) atoms. The Bertz CT molecular complexity index is 1000. The molecule has 2 aromatic carbocycles. The van der Waals surface area contributed by atoms with Gasteiger partial charge in [0.2, 0.25) is 0 Å². The van der Waals surface area contributed by atoms with Crippen molar-refractivity contribution in [2.24, 2.45) is 0 Å². The highest BCUT2D eigenvalue weighted by Gasteiger charge is 2.24. The number of fused-ring (bicyclic) bond motifs is 1. The Balaban J connectivity index is 1.70. The molecule has 0 unspecified atom stereocenters. The van der Waals surface area contributed by atoms with Crippen molar-refractivity contribution in [3.05, 3.63) is 47.5 Å². The molecule has 0 aliphatic carbocycles. The highest BCUT2D eigenvalue weighted by atomic mass is 32.1. The number of ether oxygens (including phenoxy) is 3. The lowest BCUT2D eigenvalue weighted by Gasteiger charge is -2.29. The second-order valence-corrected chi connectivity index (χ2v) is 8.40. The Morgan fingerprint density at radius 2 is 1.77 bits per heavy atom. The minimum Gasteiger partial charge on any atom is -0.495 e. The summed E-state index contributed by atoms with van der Waals surface area (Å²) in [5.41, 5.74) is 2.46.